The molecule has 3 rings (SSSR count). The minimum atomic E-state index is -5.18. The van der Waals surface area contributed by atoms with Crippen LogP contribution in [0.3, 0.4) is 0 Å². The van der Waals surface area contributed by atoms with Gasteiger partial charge in [0.1, 0.15) is 0 Å². The molecule has 0 aliphatic rings. The molecule has 3 aromatic rings. The maximum Gasteiger partial charge on any atom is 0.455 e. The number of carbonyl (C=O) groups excluding carboxylic acids is 2. The maximum absolute atomic E-state index is 13.8. The van der Waals surface area contributed by atoms with Crippen molar-refractivity contribution in [3.8, 4) is 0 Å². The van der Waals surface area contributed by atoms with E-state index in [1.807, 2.05) is 0 Å². The van der Waals surface area contributed by atoms with E-state index in [4.69, 9.17) is 0 Å². The van der Waals surface area contributed by atoms with Crippen LogP contribution in [0.1, 0.15) is 0 Å². The van der Waals surface area contributed by atoms with Crippen molar-refractivity contribution in [3.05, 3.63) is 91.0 Å². The van der Waals surface area contributed by atoms with Crippen molar-refractivity contribution in [3.63, 3.8) is 0 Å². The summed E-state index contributed by atoms with van der Waals surface area (Å²) in [6.45, 7) is -3.41. The number of alkyl halides is 3. The Balaban J connectivity index is 2.68. The zero-order valence-corrected chi connectivity index (χ0v) is 17.7. The van der Waals surface area contributed by atoms with Crippen molar-refractivity contribution in [2.75, 3.05) is 6.26 Å². The Bertz CT molecular complexity index is 992. The first-order chi connectivity index (χ1) is 14.3. The van der Waals surface area contributed by atoms with Crippen molar-refractivity contribution in [1.29, 1.82) is 0 Å². The quantitative estimate of drug-likeness (QED) is 0.436. The van der Waals surface area contributed by atoms with Crippen molar-refractivity contribution in [2.45, 2.75) is 6.18 Å². The Hall–Kier alpha value is -2.56. The maximum atomic E-state index is 13.8. The van der Waals surface area contributed by atoms with E-state index < -0.39 is 29.3 Å². The fraction of sp³-hybridized carbons (Fsp3) is 0.0870. The molecule has 0 unspecified atom stereocenters. The van der Waals surface area contributed by atoms with Gasteiger partial charge in [-0.2, -0.15) is 13.2 Å². The van der Waals surface area contributed by atoms with Gasteiger partial charge in [0, 0.05) is 0 Å². The average Bonchev–Trinajstić information content (AvgIpc) is 2.77. The second-order valence-corrected chi connectivity index (χ2v) is 10.5. The van der Waals surface area contributed by atoms with Gasteiger partial charge in [-0.25, -0.2) is 0 Å². The molecule has 2 nitrogen and oxygen atoms in total. The third-order valence-corrected chi connectivity index (χ3v) is 9.64. The normalized spacial score (nSPS) is 11.7. The fourth-order valence-electron chi connectivity index (χ4n) is 3.40. The van der Waals surface area contributed by atoms with Crippen LogP contribution in [0.5, 0.6) is 0 Å². The summed E-state index contributed by atoms with van der Waals surface area (Å²) in [6, 6.07) is 25.6. The average molecular weight is 446 g/mol. The molecule has 0 heterocycles. The molecule has 0 radical (unpaired) electrons. The molecule has 0 fully saturated rings. The number of ketones is 1. The summed E-state index contributed by atoms with van der Waals surface area (Å²) < 4.78 is 41.3. The molecule has 0 aliphatic carbocycles. The zero-order valence-electron chi connectivity index (χ0n) is 16.0. The summed E-state index contributed by atoms with van der Waals surface area (Å²) in [5.41, 5.74) is 0. The minimum absolute atomic E-state index is 0.511. The number of hydrogen-bond donors (Lipinski definition) is 0. The summed E-state index contributed by atoms with van der Waals surface area (Å²) in [5.74, 6) is -2.09. The van der Waals surface area contributed by atoms with Gasteiger partial charge in [0.05, 0.1) is 5.29 Å². The fourth-order valence-corrected chi connectivity index (χ4v) is 8.61. The molecule has 0 bridgehead atoms. The Morgan fingerprint density at radius 2 is 1.03 bits per heavy atom. The molecular weight excluding hydrogens is 428 g/mol. The molecule has 0 N–H and O–H groups in total. The van der Waals surface area contributed by atoms with Gasteiger partial charge < -0.3 is 0 Å². The van der Waals surface area contributed by atoms with Gasteiger partial charge in [0.15, 0.2) is 0 Å². The first kappa shape index (κ1) is 22.1. The lowest BCUT2D eigenvalue weighted by atomic mass is 10.3. The third kappa shape index (κ3) is 4.03. The molecule has 0 saturated carbocycles. The molecule has 0 saturated heterocycles. The molecule has 3 aromatic carbocycles. The monoisotopic (exact) mass is 446 g/mol. The first-order valence-electron chi connectivity index (χ1n) is 8.96. The van der Waals surface area contributed by atoms with Crippen LogP contribution in [-0.2, 0) is 9.59 Å². The van der Waals surface area contributed by atoms with Gasteiger partial charge in [0.25, 0.3) is 5.78 Å². The largest absolute Gasteiger partial charge is 0.455 e. The molecule has 30 heavy (non-hydrogen) atoms. The number of carbonyl (C=O) groups is 2. The Morgan fingerprint density at radius 1 is 0.700 bits per heavy atom. The highest BCUT2D eigenvalue weighted by Gasteiger charge is 2.48. The van der Waals surface area contributed by atoms with Gasteiger partial charge in [0.2, 0.25) is 5.12 Å². The highest BCUT2D eigenvalue weighted by Crippen LogP contribution is 2.48. The summed E-state index contributed by atoms with van der Waals surface area (Å²) in [6.07, 6.45) is -3.79. The van der Waals surface area contributed by atoms with Gasteiger partial charge >= 0.3 is 6.18 Å². The molecule has 7 heteroatoms. The SMILES string of the molecule is CSC(=O)C(C(=O)C(F)(F)F)=P(c1ccccc1)(c1ccccc1)c1ccccc1. The van der Waals surface area contributed by atoms with Crippen LogP contribution >= 0.6 is 18.6 Å². The van der Waals surface area contributed by atoms with Gasteiger partial charge in [-0.05, 0) is 29.1 Å². The smallest absolute Gasteiger partial charge is 0.284 e. The van der Waals surface area contributed by atoms with Crippen LogP contribution in [0.15, 0.2) is 91.0 Å². The van der Waals surface area contributed by atoms with Gasteiger partial charge in [-0.15, -0.1) is 0 Å². The highest BCUT2D eigenvalue weighted by atomic mass is 32.2. The zero-order chi connectivity index (χ0) is 21.8. The van der Waals surface area contributed by atoms with Crippen molar-refractivity contribution < 1.29 is 22.8 Å². The van der Waals surface area contributed by atoms with Crippen LogP contribution in [0.25, 0.3) is 0 Å². The summed E-state index contributed by atoms with van der Waals surface area (Å²) in [7, 11) is 0. The topological polar surface area (TPSA) is 34.1 Å². The summed E-state index contributed by atoms with van der Waals surface area (Å²) >= 11 is 0.619. The van der Waals surface area contributed by atoms with E-state index in [0.29, 0.717) is 27.7 Å². The third-order valence-electron chi connectivity index (χ3n) is 4.62. The van der Waals surface area contributed by atoms with Crippen molar-refractivity contribution in [1.82, 2.24) is 0 Å². The van der Waals surface area contributed by atoms with E-state index >= 15 is 0 Å². The van der Waals surface area contributed by atoms with E-state index in [9.17, 15) is 22.8 Å². The van der Waals surface area contributed by atoms with Crippen LogP contribution in [0.4, 0.5) is 13.2 Å². The molecule has 0 aliphatic heterocycles. The number of benzene rings is 3. The van der Waals surface area contributed by atoms with Crippen LogP contribution in [0, 0.1) is 0 Å². The van der Waals surface area contributed by atoms with Gasteiger partial charge in [-0.3, -0.25) is 9.59 Å². The Morgan fingerprint density at radius 3 is 1.30 bits per heavy atom. The lowest BCUT2D eigenvalue weighted by Gasteiger charge is -2.31. The van der Waals surface area contributed by atoms with E-state index in [0.717, 1.165) is 0 Å². The molecule has 0 amide bonds. The lowest BCUT2D eigenvalue weighted by molar-refractivity contribution is -0.163. The number of halogens is 3. The molecule has 0 atom stereocenters. The second kappa shape index (κ2) is 9.07. The molecule has 154 valence electrons. The van der Waals surface area contributed by atoms with Crippen LogP contribution < -0.4 is 15.9 Å². The van der Waals surface area contributed by atoms with E-state index in [1.54, 1.807) is 91.0 Å². The first-order valence-corrected chi connectivity index (χ1v) is 12.0. The molecular formula is C23H18F3O2PS. The molecule has 0 spiro atoms. The Labute approximate surface area is 177 Å². The number of thioether (sulfide) groups is 1. The van der Waals surface area contributed by atoms with Gasteiger partial charge in [-0.1, -0.05) is 103 Å². The summed E-state index contributed by atoms with van der Waals surface area (Å²) in [4.78, 5) is 25.8. The predicted octanol–water partition coefficient (Wildman–Crippen LogP) is 4.17. The van der Waals surface area contributed by atoms with Crippen molar-refractivity contribution >= 4 is 50.8 Å². The molecule has 0 aromatic heterocycles. The standard InChI is InChI=1S/C23H18F3O2PS/c1-30-22(28)20(21(27)23(24,25)26)29(17-11-5-2-6-12-17,18-13-7-3-8-14-18)19-15-9-4-10-16-19/h2-16H,1H3. The van der Waals surface area contributed by atoms with E-state index in [2.05, 4.69) is 0 Å². The summed E-state index contributed by atoms with van der Waals surface area (Å²) in [5, 5.41) is -0.0551. The number of rotatable bonds is 5. The number of Topliss-reactive ketones (excluding diaryl/α,β-unsaturated/α-hetero) is 1. The lowest BCUT2D eigenvalue weighted by Crippen LogP contribution is -2.42. The van der Waals surface area contributed by atoms with E-state index in [1.165, 1.54) is 6.26 Å². The second-order valence-electron chi connectivity index (χ2n) is 6.34. The van der Waals surface area contributed by atoms with Crippen molar-refractivity contribution in [2.24, 2.45) is 0 Å². The van der Waals surface area contributed by atoms with Crippen LogP contribution in [0.2, 0.25) is 0 Å². The minimum Gasteiger partial charge on any atom is -0.284 e. The Kier molecular flexibility index (Phi) is 6.69. The highest BCUT2D eigenvalue weighted by molar-refractivity contribution is 8.17. The van der Waals surface area contributed by atoms with Crippen LogP contribution in [-0.4, -0.2) is 28.6 Å². The predicted molar refractivity (Wildman–Crippen MR) is 120 cm³/mol. The number of hydrogen-bond acceptors (Lipinski definition) is 3. The van der Waals surface area contributed by atoms with E-state index in [-0.39, 0.29) is 0 Å².